The number of hydrogen-bond acceptors (Lipinski definition) is 5. The summed E-state index contributed by atoms with van der Waals surface area (Å²) >= 11 is 5.94. The number of rotatable bonds is 4. The van der Waals surface area contributed by atoms with Gasteiger partial charge in [-0.1, -0.05) is 11.6 Å². The Labute approximate surface area is 125 Å². The molecule has 0 unspecified atom stereocenters. The molecule has 0 saturated heterocycles. The molecular weight excluding hydrogens is 296 g/mol. The number of pyridine rings is 1. The molecule has 2 aromatic rings. The predicted octanol–water partition coefficient (Wildman–Crippen LogP) is 3.03. The molecule has 0 spiro atoms. The third-order valence-electron chi connectivity index (χ3n) is 2.58. The number of amidine groups is 1. The van der Waals surface area contributed by atoms with E-state index in [2.05, 4.69) is 4.98 Å². The fourth-order valence-corrected chi connectivity index (χ4v) is 1.86. The van der Waals surface area contributed by atoms with E-state index in [0.717, 1.165) is 0 Å². The van der Waals surface area contributed by atoms with E-state index in [1.54, 1.807) is 13.0 Å². The van der Waals surface area contributed by atoms with Crippen molar-refractivity contribution in [2.75, 3.05) is 0 Å². The van der Waals surface area contributed by atoms with Gasteiger partial charge in [-0.15, -0.1) is 0 Å². The summed E-state index contributed by atoms with van der Waals surface area (Å²) in [4.78, 5) is 14.2. The largest absolute Gasteiger partial charge is 0.437 e. The number of ether oxygens (including phenoxy) is 1. The Bertz CT molecular complexity index is 733. The number of nitrogens with one attached hydrogen (secondary N) is 1. The van der Waals surface area contributed by atoms with Crippen LogP contribution in [0.3, 0.4) is 0 Å². The molecular formula is C13H11ClN4O3. The molecule has 0 fully saturated rings. The summed E-state index contributed by atoms with van der Waals surface area (Å²) in [6.45, 7) is 1.73. The van der Waals surface area contributed by atoms with Crippen molar-refractivity contribution in [2.24, 2.45) is 5.73 Å². The summed E-state index contributed by atoms with van der Waals surface area (Å²) in [6, 6.07) is 7.00. The lowest BCUT2D eigenvalue weighted by molar-refractivity contribution is -0.384. The van der Waals surface area contributed by atoms with E-state index in [1.807, 2.05) is 0 Å². The number of halogens is 1. The van der Waals surface area contributed by atoms with Crippen molar-refractivity contribution in [1.29, 1.82) is 5.41 Å². The quantitative estimate of drug-likeness (QED) is 0.390. The average molecular weight is 307 g/mol. The number of hydrogen-bond donors (Lipinski definition) is 2. The highest BCUT2D eigenvalue weighted by Crippen LogP contribution is 2.32. The van der Waals surface area contributed by atoms with Gasteiger partial charge in [0.15, 0.2) is 0 Å². The SMILES string of the molecule is Cc1cc(C(=N)N)cc(Oc2ccc([N+](=O)[O-])cc2Cl)n1. The van der Waals surface area contributed by atoms with Crippen molar-refractivity contribution in [1.82, 2.24) is 4.98 Å². The predicted molar refractivity (Wildman–Crippen MR) is 78.2 cm³/mol. The van der Waals surface area contributed by atoms with Gasteiger partial charge in [-0.3, -0.25) is 15.5 Å². The van der Waals surface area contributed by atoms with Crippen LogP contribution in [0.1, 0.15) is 11.3 Å². The van der Waals surface area contributed by atoms with Gasteiger partial charge >= 0.3 is 0 Å². The van der Waals surface area contributed by atoms with Crippen molar-refractivity contribution >= 4 is 23.1 Å². The number of nitrogens with zero attached hydrogens (tertiary/aromatic N) is 2. The molecule has 0 aliphatic heterocycles. The van der Waals surface area contributed by atoms with Gasteiger partial charge in [-0.2, -0.15) is 0 Å². The molecule has 1 aromatic carbocycles. The third kappa shape index (κ3) is 3.46. The van der Waals surface area contributed by atoms with Crippen molar-refractivity contribution in [3.8, 4) is 11.6 Å². The summed E-state index contributed by atoms with van der Waals surface area (Å²) in [5, 5.41) is 18.2. The normalized spacial score (nSPS) is 10.2. The Hall–Kier alpha value is -2.67. The van der Waals surface area contributed by atoms with Crippen LogP contribution in [0.25, 0.3) is 0 Å². The molecule has 8 heteroatoms. The molecule has 3 N–H and O–H groups in total. The van der Waals surface area contributed by atoms with Gasteiger partial charge in [-0.05, 0) is 19.1 Å². The van der Waals surface area contributed by atoms with Crippen LogP contribution >= 0.6 is 11.6 Å². The highest BCUT2D eigenvalue weighted by atomic mass is 35.5. The monoisotopic (exact) mass is 306 g/mol. The first kappa shape index (κ1) is 14.7. The number of non-ortho nitro benzene ring substituents is 1. The van der Waals surface area contributed by atoms with E-state index >= 15 is 0 Å². The molecule has 108 valence electrons. The minimum Gasteiger partial charge on any atom is -0.437 e. The minimum atomic E-state index is -0.547. The van der Waals surface area contributed by atoms with Gasteiger partial charge < -0.3 is 10.5 Å². The zero-order valence-corrected chi connectivity index (χ0v) is 11.7. The van der Waals surface area contributed by atoms with E-state index in [9.17, 15) is 10.1 Å². The zero-order chi connectivity index (χ0) is 15.6. The smallest absolute Gasteiger partial charge is 0.271 e. The number of aryl methyl sites for hydroxylation is 1. The maximum Gasteiger partial charge on any atom is 0.271 e. The molecule has 0 atom stereocenters. The van der Waals surface area contributed by atoms with E-state index in [-0.39, 0.29) is 28.2 Å². The van der Waals surface area contributed by atoms with Crippen molar-refractivity contribution in [3.63, 3.8) is 0 Å². The van der Waals surface area contributed by atoms with Crippen LogP contribution in [0.2, 0.25) is 5.02 Å². The number of nitro groups is 1. The first-order chi connectivity index (χ1) is 9.86. The van der Waals surface area contributed by atoms with Crippen LogP contribution in [0, 0.1) is 22.4 Å². The third-order valence-corrected chi connectivity index (χ3v) is 2.88. The van der Waals surface area contributed by atoms with Gasteiger partial charge in [0.1, 0.15) is 11.6 Å². The molecule has 1 aromatic heterocycles. The maximum absolute atomic E-state index is 10.6. The Balaban J connectivity index is 2.34. The van der Waals surface area contributed by atoms with Gasteiger partial charge in [0.2, 0.25) is 5.88 Å². The highest BCUT2D eigenvalue weighted by molar-refractivity contribution is 6.32. The van der Waals surface area contributed by atoms with E-state index < -0.39 is 4.92 Å². The molecule has 2 rings (SSSR count). The van der Waals surface area contributed by atoms with Gasteiger partial charge in [0.05, 0.1) is 9.95 Å². The molecule has 0 aliphatic carbocycles. The van der Waals surface area contributed by atoms with Crippen LogP contribution in [-0.2, 0) is 0 Å². The summed E-state index contributed by atoms with van der Waals surface area (Å²) in [7, 11) is 0. The number of nitrogen functional groups attached to an aromatic ring is 1. The lowest BCUT2D eigenvalue weighted by atomic mass is 10.2. The first-order valence-electron chi connectivity index (χ1n) is 5.81. The number of nitro benzene ring substituents is 1. The van der Waals surface area contributed by atoms with E-state index in [0.29, 0.717) is 11.3 Å². The van der Waals surface area contributed by atoms with Gasteiger partial charge in [-0.25, -0.2) is 4.98 Å². The maximum atomic E-state index is 10.6. The van der Waals surface area contributed by atoms with E-state index in [1.165, 1.54) is 24.3 Å². The summed E-state index contributed by atoms with van der Waals surface area (Å²) in [5.41, 5.74) is 6.39. The minimum absolute atomic E-state index is 0.0943. The van der Waals surface area contributed by atoms with Crippen molar-refractivity contribution in [3.05, 3.63) is 56.7 Å². The van der Waals surface area contributed by atoms with Gasteiger partial charge in [0.25, 0.3) is 5.69 Å². The van der Waals surface area contributed by atoms with Crippen molar-refractivity contribution in [2.45, 2.75) is 6.92 Å². The van der Waals surface area contributed by atoms with Gasteiger partial charge in [0, 0.05) is 29.5 Å². The number of aromatic nitrogens is 1. The van der Waals surface area contributed by atoms with Crippen LogP contribution < -0.4 is 10.5 Å². The fraction of sp³-hybridized carbons (Fsp3) is 0.0769. The Kier molecular flexibility index (Phi) is 4.04. The average Bonchev–Trinajstić information content (AvgIpc) is 2.40. The molecule has 0 aliphatic rings. The molecule has 0 saturated carbocycles. The number of benzene rings is 1. The summed E-state index contributed by atoms with van der Waals surface area (Å²) < 4.78 is 5.50. The lowest BCUT2D eigenvalue weighted by Gasteiger charge is -2.09. The van der Waals surface area contributed by atoms with Crippen LogP contribution in [-0.4, -0.2) is 15.7 Å². The Morgan fingerprint density at radius 3 is 2.71 bits per heavy atom. The second kappa shape index (κ2) is 5.76. The molecule has 1 heterocycles. The Morgan fingerprint density at radius 1 is 1.43 bits per heavy atom. The van der Waals surface area contributed by atoms with Crippen LogP contribution in [0.15, 0.2) is 30.3 Å². The van der Waals surface area contributed by atoms with Crippen molar-refractivity contribution < 1.29 is 9.66 Å². The second-order valence-corrected chi connectivity index (χ2v) is 4.63. The second-order valence-electron chi connectivity index (χ2n) is 4.22. The fourth-order valence-electron chi connectivity index (χ4n) is 1.64. The first-order valence-corrected chi connectivity index (χ1v) is 6.19. The number of nitrogens with two attached hydrogens (primary N) is 1. The summed E-state index contributed by atoms with van der Waals surface area (Å²) in [6.07, 6.45) is 0. The standard InChI is InChI=1S/C13H11ClN4O3/c1-7-4-8(13(15)16)5-12(17-7)21-11-3-2-9(18(19)20)6-10(11)14/h2-6H,1H3,(H3,15,16). The molecule has 21 heavy (non-hydrogen) atoms. The molecule has 0 bridgehead atoms. The molecule has 0 amide bonds. The topological polar surface area (TPSA) is 115 Å². The van der Waals surface area contributed by atoms with Crippen LogP contribution in [0.4, 0.5) is 5.69 Å². The lowest BCUT2D eigenvalue weighted by Crippen LogP contribution is -2.11. The molecule has 7 nitrogen and oxygen atoms in total. The molecule has 0 radical (unpaired) electrons. The van der Waals surface area contributed by atoms with E-state index in [4.69, 9.17) is 27.5 Å². The Morgan fingerprint density at radius 2 is 2.14 bits per heavy atom. The highest BCUT2D eigenvalue weighted by Gasteiger charge is 2.12. The van der Waals surface area contributed by atoms with Crippen LogP contribution in [0.5, 0.6) is 11.6 Å². The zero-order valence-electron chi connectivity index (χ0n) is 11.0. The summed E-state index contributed by atoms with van der Waals surface area (Å²) in [5.74, 6) is 0.325.